The Morgan fingerprint density at radius 1 is 0.767 bits per heavy atom. The fourth-order valence-corrected chi connectivity index (χ4v) is 1.50. The van der Waals surface area contributed by atoms with E-state index in [1.54, 1.807) is 38.1 Å². The normalized spacial score (nSPS) is 7.93. The second-order valence-corrected chi connectivity index (χ2v) is 4.53. The molecule has 0 amide bonds. The van der Waals surface area contributed by atoms with Crippen molar-refractivity contribution in [3.63, 3.8) is 0 Å². The molecule has 8 nitrogen and oxygen atoms in total. The van der Waals surface area contributed by atoms with Gasteiger partial charge in [0.1, 0.15) is 0 Å². The van der Waals surface area contributed by atoms with Crippen molar-refractivity contribution in [2.75, 3.05) is 18.9 Å². The Morgan fingerprint density at radius 3 is 1.37 bits per heavy atom. The van der Waals surface area contributed by atoms with Gasteiger partial charge in [-0.15, -0.1) is 0 Å². The Morgan fingerprint density at radius 2 is 1.10 bits per heavy atom. The molecule has 0 aliphatic heterocycles. The third-order valence-corrected chi connectivity index (χ3v) is 2.58. The summed E-state index contributed by atoms with van der Waals surface area (Å²) in [6, 6.07) is 13.4. The summed E-state index contributed by atoms with van der Waals surface area (Å²) in [4.78, 5) is 9.77. The lowest BCUT2D eigenvalue weighted by Gasteiger charge is -1.97. The molecule has 0 bridgehead atoms. The van der Waals surface area contributed by atoms with E-state index in [1.165, 1.54) is 12.1 Å². The van der Waals surface area contributed by atoms with Crippen LogP contribution in [0, 0.1) is 10.1 Å². The third-order valence-electron chi connectivity index (χ3n) is 2.58. The zero-order valence-corrected chi connectivity index (χ0v) is 19.1. The predicted octanol–water partition coefficient (Wildman–Crippen LogP) is 3.90. The molecule has 174 valence electrons. The van der Waals surface area contributed by atoms with Crippen molar-refractivity contribution in [2.45, 2.75) is 54.8 Å². The molecular formula is C22H40N2O6. The van der Waals surface area contributed by atoms with E-state index >= 15 is 0 Å². The molecule has 0 aromatic heterocycles. The highest BCUT2D eigenvalue weighted by molar-refractivity contribution is 5.45. The van der Waals surface area contributed by atoms with E-state index in [9.17, 15) is 10.1 Å². The summed E-state index contributed by atoms with van der Waals surface area (Å²) in [6.45, 7) is 11.6. The number of rotatable bonds is 3. The Hall–Kier alpha value is -2.52. The lowest BCUT2D eigenvalue weighted by atomic mass is 10.2. The summed E-state index contributed by atoms with van der Waals surface area (Å²) in [7, 11) is 0. The predicted molar refractivity (Wildman–Crippen MR) is 124 cm³/mol. The SMILES string of the molecule is CC.CC.CCO.CCO.Nc1ccccc1CO.O=[N+]([O-])c1ccccc1CO. The van der Waals surface area contributed by atoms with Crippen molar-refractivity contribution in [3.8, 4) is 0 Å². The fraction of sp³-hybridized carbons (Fsp3) is 0.455. The summed E-state index contributed by atoms with van der Waals surface area (Å²) >= 11 is 0. The van der Waals surface area contributed by atoms with Gasteiger partial charge in [-0.05, 0) is 26.0 Å². The first-order valence-electron chi connectivity index (χ1n) is 9.92. The quantitative estimate of drug-likeness (QED) is 0.282. The zero-order valence-electron chi connectivity index (χ0n) is 19.1. The highest BCUT2D eigenvalue weighted by Crippen LogP contribution is 2.16. The lowest BCUT2D eigenvalue weighted by Crippen LogP contribution is -1.93. The molecule has 0 spiro atoms. The van der Waals surface area contributed by atoms with Crippen LogP contribution in [-0.2, 0) is 13.2 Å². The largest absolute Gasteiger partial charge is 0.398 e. The molecule has 2 aromatic carbocycles. The molecule has 0 unspecified atom stereocenters. The monoisotopic (exact) mass is 428 g/mol. The number of nitrogens with two attached hydrogens (primary N) is 1. The van der Waals surface area contributed by atoms with E-state index in [2.05, 4.69) is 0 Å². The molecule has 0 aliphatic rings. The smallest absolute Gasteiger partial charge is 0.274 e. The number of nitro benzene ring substituents is 1. The van der Waals surface area contributed by atoms with Crippen molar-refractivity contribution < 1.29 is 25.3 Å². The van der Waals surface area contributed by atoms with Crippen LogP contribution in [0.15, 0.2) is 48.5 Å². The van der Waals surface area contributed by atoms with Crippen LogP contribution in [0.5, 0.6) is 0 Å². The lowest BCUT2D eigenvalue weighted by molar-refractivity contribution is -0.385. The highest BCUT2D eigenvalue weighted by Gasteiger charge is 2.09. The fourth-order valence-electron chi connectivity index (χ4n) is 1.50. The minimum absolute atomic E-state index is 0.0205. The molecule has 8 heteroatoms. The second kappa shape index (κ2) is 28.7. The van der Waals surface area contributed by atoms with Crippen molar-refractivity contribution >= 4 is 11.4 Å². The standard InChI is InChI=1S/C7H7NO3.C7H9NO.2C2H6O.2C2H6/c9-5-6-3-1-2-4-7(6)8(10)11;8-7-4-2-1-3-6(7)5-9;2*1-2-3;2*1-2/h1-4,9H,5H2;1-4,9H,5,8H2;2*3H,2H2,1H3;2*1-2H3. The summed E-state index contributed by atoms with van der Waals surface area (Å²) in [5.41, 5.74) is 7.23. The van der Waals surface area contributed by atoms with E-state index in [-0.39, 0.29) is 32.1 Å². The van der Waals surface area contributed by atoms with E-state index in [0.717, 1.165) is 5.56 Å². The van der Waals surface area contributed by atoms with Crippen LogP contribution in [0.1, 0.15) is 52.7 Å². The van der Waals surface area contributed by atoms with Crippen LogP contribution in [0.25, 0.3) is 0 Å². The Bertz CT molecular complexity index is 608. The van der Waals surface area contributed by atoms with Gasteiger partial charge in [0.15, 0.2) is 0 Å². The van der Waals surface area contributed by atoms with Crippen molar-refractivity contribution in [3.05, 3.63) is 69.8 Å². The Labute approximate surface area is 180 Å². The van der Waals surface area contributed by atoms with E-state index < -0.39 is 4.92 Å². The van der Waals surface area contributed by atoms with E-state index in [0.29, 0.717) is 11.3 Å². The number of para-hydroxylation sites is 2. The van der Waals surface area contributed by atoms with Gasteiger partial charge in [-0.2, -0.15) is 0 Å². The Balaban J connectivity index is -0.000000160. The van der Waals surface area contributed by atoms with Gasteiger partial charge < -0.3 is 26.2 Å². The molecule has 0 atom stereocenters. The van der Waals surface area contributed by atoms with Crippen LogP contribution in [0.2, 0.25) is 0 Å². The average Bonchev–Trinajstić information content (AvgIpc) is 2.78. The number of nitrogens with zero attached hydrogens (tertiary/aromatic N) is 1. The molecule has 6 N–H and O–H groups in total. The van der Waals surface area contributed by atoms with Crippen LogP contribution >= 0.6 is 0 Å². The molecule has 0 radical (unpaired) electrons. The highest BCUT2D eigenvalue weighted by atomic mass is 16.6. The second-order valence-electron chi connectivity index (χ2n) is 4.53. The number of anilines is 1. The van der Waals surface area contributed by atoms with Gasteiger partial charge in [0, 0.05) is 30.5 Å². The van der Waals surface area contributed by atoms with Crippen molar-refractivity contribution in [2.24, 2.45) is 0 Å². The summed E-state index contributed by atoms with van der Waals surface area (Å²) in [5.74, 6) is 0. The summed E-state index contributed by atoms with van der Waals surface area (Å²) in [5, 5.41) is 42.7. The number of aliphatic hydroxyl groups is 4. The van der Waals surface area contributed by atoms with Crippen LogP contribution in [-0.4, -0.2) is 38.6 Å². The van der Waals surface area contributed by atoms with Crippen LogP contribution in [0.3, 0.4) is 0 Å². The maximum atomic E-state index is 10.3. The number of hydrogen-bond donors (Lipinski definition) is 5. The van der Waals surface area contributed by atoms with Gasteiger partial charge in [0.05, 0.1) is 23.7 Å². The average molecular weight is 429 g/mol. The van der Waals surface area contributed by atoms with Gasteiger partial charge in [-0.3, -0.25) is 10.1 Å². The maximum Gasteiger partial charge on any atom is 0.274 e. The topological polar surface area (TPSA) is 150 Å². The zero-order chi connectivity index (χ0) is 24.4. The molecule has 0 fully saturated rings. The van der Waals surface area contributed by atoms with E-state index in [1.807, 2.05) is 39.8 Å². The third kappa shape index (κ3) is 20.2. The van der Waals surface area contributed by atoms with Crippen LogP contribution < -0.4 is 5.73 Å². The molecule has 0 saturated heterocycles. The van der Waals surface area contributed by atoms with E-state index in [4.69, 9.17) is 26.2 Å². The molecule has 0 aliphatic carbocycles. The van der Waals surface area contributed by atoms with Crippen LogP contribution in [0.4, 0.5) is 11.4 Å². The minimum atomic E-state index is -0.508. The molecule has 0 heterocycles. The van der Waals surface area contributed by atoms with Crippen molar-refractivity contribution in [1.29, 1.82) is 0 Å². The van der Waals surface area contributed by atoms with Gasteiger partial charge in [-0.25, -0.2) is 0 Å². The van der Waals surface area contributed by atoms with Crippen molar-refractivity contribution in [1.82, 2.24) is 0 Å². The first kappa shape index (κ1) is 35.0. The first-order valence-corrected chi connectivity index (χ1v) is 9.92. The van der Waals surface area contributed by atoms with Gasteiger partial charge >= 0.3 is 0 Å². The Kier molecular flexibility index (Phi) is 33.4. The van der Waals surface area contributed by atoms with Gasteiger partial charge in [0.25, 0.3) is 5.69 Å². The molecule has 2 aromatic rings. The number of nitro groups is 1. The maximum absolute atomic E-state index is 10.3. The molecule has 0 saturated carbocycles. The first-order chi connectivity index (χ1) is 14.4. The summed E-state index contributed by atoms with van der Waals surface area (Å²) < 4.78 is 0. The molecule has 2 rings (SSSR count). The molecule has 30 heavy (non-hydrogen) atoms. The van der Waals surface area contributed by atoms with Gasteiger partial charge in [-0.1, -0.05) is 58.0 Å². The van der Waals surface area contributed by atoms with Gasteiger partial charge in [0.2, 0.25) is 0 Å². The number of hydrogen-bond acceptors (Lipinski definition) is 7. The minimum Gasteiger partial charge on any atom is -0.398 e. The molecular weight excluding hydrogens is 388 g/mol. The number of benzene rings is 2. The summed E-state index contributed by atoms with van der Waals surface area (Å²) in [6.07, 6.45) is 0. The number of aliphatic hydroxyl groups excluding tert-OH is 4. The number of nitrogen functional groups attached to an aromatic ring is 1.